The first kappa shape index (κ1) is 20.8. The van der Waals surface area contributed by atoms with Crippen LogP contribution in [0.15, 0.2) is 65.4 Å². The maximum Gasteiger partial charge on any atom is 0.259 e. The van der Waals surface area contributed by atoms with E-state index in [-0.39, 0.29) is 11.9 Å². The van der Waals surface area contributed by atoms with E-state index >= 15 is 0 Å². The second-order valence-corrected chi connectivity index (χ2v) is 8.08. The van der Waals surface area contributed by atoms with Gasteiger partial charge in [-0.2, -0.15) is 0 Å². The van der Waals surface area contributed by atoms with Crippen molar-refractivity contribution < 1.29 is 9.32 Å². The molecule has 1 aliphatic rings. The van der Waals surface area contributed by atoms with Gasteiger partial charge in [0, 0.05) is 36.3 Å². The third kappa shape index (κ3) is 4.19. The molecule has 1 atom stereocenters. The molecule has 5 rings (SSSR count). The molecule has 0 aliphatic carbocycles. The summed E-state index contributed by atoms with van der Waals surface area (Å²) in [5.74, 6) is 1.72. The van der Waals surface area contributed by atoms with Gasteiger partial charge >= 0.3 is 0 Å². The number of nitrogens with zero attached hydrogens (tertiary/aromatic N) is 5. The Morgan fingerprint density at radius 2 is 1.88 bits per heavy atom. The van der Waals surface area contributed by atoms with Crippen LogP contribution in [0.1, 0.15) is 46.5 Å². The van der Waals surface area contributed by atoms with Crippen LogP contribution < -0.4 is 5.32 Å². The Balaban J connectivity index is 1.54. The molecule has 3 aromatic heterocycles. The highest BCUT2D eigenvalue weighted by molar-refractivity contribution is 5.96. The van der Waals surface area contributed by atoms with E-state index in [0.717, 1.165) is 29.8 Å². The molecule has 0 bridgehead atoms. The quantitative estimate of drug-likeness (QED) is 0.473. The Kier molecular flexibility index (Phi) is 5.56. The van der Waals surface area contributed by atoms with Crippen LogP contribution in [0.4, 0.5) is 11.5 Å². The zero-order valence-corrected chi connectivity index (χ0v) is 18.5. The van der Waals surface area contributed by atoms with Crippen molar-refractivity contribution in [2.75, 3.05) is 11.9 Å². The molecule has 8 heteroatoms. The molecule has 1 amide bonds. The van der Waals surface area contributed by atoms with Gasteiger partial charge in [-0.25, -0.2) is 9.97 Å². The molecule has 8 nitrogen and oxygen atoms in total. The largest absolute Gasteiger partial charge is 0.361 e. The number of anilines is 2. The average Bonchev–Trinajstić information content (AvgIpc) is 3.46. The third-order valence-electron chi connectivity index (χ3n) is 5.82. The molecule has 1 aromatic carbocycles. The predicted molar refractivity (Wildman–Crippen MR) is 124 cm³/mol. The van der Waals surface area contributed by atoms with E-state index in [1.54, 1.807) is 26.2 Å². The summed E-state index contributed by atoms with van der Waals surface area (Å²) in [4.78, 5) is 29.1. The molecule has 1 saturated heterocycles. The van der Waals surface area contributed by atoms with Gasteiger partial charge < -0.3 is 14.7 Å². The zero-order valence-electron chi connectivity index (χ0n) is 18.5. The minimum atomic E-state index is -0.232. The van der Waals surface area contributed by atoms with E-state index in [1.165, 1.54) is 0 Å². The average molecular weight is 441 g/mol. The number of aromatic nitrogens is 4. The van der Waals surface area contributed by atoms with Gasteiger partial charge in [0.25, 0.3) is 5.91 Å². The normalized spacial score (nSPS) is 15.6. The Bertz CT molecular complexity index is 1250. The number of carbonyl (C=O) groups is 1. The minimum absolute atomic E-state index is 0.0933. The summed E-state index contributed by atoms with van der Waals surface area (Å²) in [6.07, 6.45) is 5.15. The van der Waals surface area contributed by atoms with E-state index in [0.29, 0.717) is 35.2 Å². The lowest BCUT2D eigenvalue weighted by Crippen LogP contribution is -2.32. The number of carbonyl (C=O) groups excluding carboxylic acids is 1. The molecular weight excluding hydrogens is 416 g/mol. The fourth-order valence-corrected chi connectivity index (χ4v) is 4.23. The number of para-hydroxylation sites is 1. The van der Waals surface area contributed by atoms with Crippen molar-refractivity contribution in [3.8, 4) is 11.3 Å². The number of likely N-dealkylation sites (tertiary alicyclic amines) is 1. The number of amides is 1. The van der Waals surface area contributed by atoms with E-state index in [2.05, 4.69) is 15.5 Å². The van der Waals surface area contributed by atoms with Gasteiger partial charge in [-0.05, 0) is 51.0 Å². The molecule has 33 heavy (non-hydrogen) atoms. The highest BCUT2D eigenvalue weighted by atomic mass is 16.5. The number of nitrogens with one attached hydrogen (secondary N) is 1. The Labute approximate surface area is 191 Å². The predicted octanol–water partition coefficient (Wildman–Crippen LogP) is 4.86. The van der Waals surface area contributed by atoms with Crippen LogP contribution in [0.5, 0.6) is 0 Å². The first-order valence-corrected chi connectivity index (χ1v) is 11.0. The van der Waals surface area contributed by atoms with E-state index in [1.807, 2.05) is 53.4 Å². The van der Waals surface area contributed by atoms with E-state index in [4.69, 9.17) is 14.5 Å². The molecule has 1 N–H and O–H groups in total. The van der Waals surface area contributed by atoms with Crippen molar-refractivity contribution in [3.63, 3.8) is 0 Å². The van der Waals surface area contributed by atoms with Crippen molar-refractivity contribution in [2.24, 2.45) is 0 Å². The van der Waals surface area contributed by atoms with Gasteiger partial charge in [-0.3, -0.25) is 9.78 Å². The summed E-state index contributed by atoms with van der Waals surface area (Å²) in [5, 5.41) is 7.32. The van der Waals surface area contributed by atoms with Crippen LogP contribution in [0.2, 0.25) is 0 Å². The zero-order chi connectivity index (χ0) is 22.8. The van der Waals surface area contributed by atoms with Crippen molar-refractivity contribution in [1.29, 1.82) is 0 Å². The second-order valence-electron chi connectivity index (χ2n) is 8.08. The molecular formula is C25H24N6O2. The van der Waals surface area contributed by atoms with Gasteiger partial charge in [-0.1, -0.05) is 23.4 Å². The second kappa shape index (κ2) is 8.82. The topological polar surface area (TPSA) is 97.0 Å². The maximum atomic E-state index is 13.4. The molecule has 0 saturated carbocycles. The van der Waals surface area contributed by atoms with Crippen LogP contribution in [-0.2, 0) is 0 Å². The van der Waals surface area contributed by atoms with Crippen LogP contribution in [-0.4, -0.2) is 37.5 Å². The summed E-state index contributed by atoms with van der Waals surface area (Å²) >= 11 is 0. The molecule has 4 heterocycles. The number of benzene rings is 1. The molecule has 0 radical (unpaired) electrons. The summed E-state index contributed by atoms with van der Waals surface area (Å²) in [5.41, 5.74) is 3.76. The lowest BCUT2D eigenvalue weighted by molar-refractivity contribution is 0.0727. The van der Waals surface area contributed by atoms with Gasteiger partial charge in [0.15, 0.2) is 5.82 Å². The maximum absolute atomic E-state index is 13.4. The summed E-state index contributed by atoms with van der Waals surface area (Å²) in [7, 11) is 0. The number of aryl methyl sites for hydroxylation is 2. The van der Waals surface area contributed by atoms with Crippen LogP contribution in [0, 0.1) is 13.8 Å². The van der Waals surface area contributed by atoms with Crippen molar-refractivity contribution in [3.05, 3.63) is 83.8 Å². The fraction of sp³-hybridized carbons (Fsp3) is 0.240. The molecule has 0 unspecified atom stereocenters. The first-order chi connectivity index (χ1) is 16.1. The molecule has 4 aromatic rings. The van der Waals surface area contributed by atoms with Gasteiger partial charge in [-0.15, -0.1) is 0 Å². The lowest BCUT2D eigenvalue weighted by atomic mass is 10.1. The van der Waals surface area contributed by atoms with Crippen molar-refractivity contribution in [1.82, 2.24) is 25.0 Å². The third-order valence-corrected chi connectivity index (χ3v) is 5.82. The Morgan fingerprint density at radius 3 is 2.61 bits per heavy atom. The highest BCUT2D eigenvalue weighted by Gasteiger charge is 2.35. The molecule has 1 fully saturated rings. The van der Waals surface area contributed by atoms with Gasteiger partial charge in [0.1, 0.15) is 17.1 Å². The van der Waals surface area contributed by atoms with Crippen LogP contribution >= 0.6 is 0 Å². The van der Waals surface area contributed by atoms with Gasteiger partial charge in [0.05, 0.1) is 17.4 Å². The number of rotatable bonds is 5. The minimum Gasteiger partial charge on any atom is -0.361 e. The SMILES string of the molecule is Cc1noc(C)c1C(=O)N1CCC[C@@H]1c1nc(Nc2ccccc2)cc(-c2ccncc2)n1. The monoisotopic (exact) mass is 440 g/mol. The summed E-state index contributed by atoms with van der Waals surface area (Å²) in [6, 6.07) is 15.4. The molecule has 0 spiro atoms. The number of hydrogen-bond acceptors (Lipinski definition) is 7. The first-order valence-electron chi connectivity index (χ1n) is 11.0. The Morgan fingerprint density at radius 1 is 1.09 bits per heavy atom. The summed E-state index contributed by atoms with van der Waals surface area (Å²) < 4.78 is 5.23. The van der Waals surface area contributed by atoms with Gasteiger partial charge in [0.2, 0.25) is 0 Å². The lowest BCUT2D eigenvalue weighted by Gasteiger charge is -2.24. The summed E-state index contributed by atoms with van der Waals surface area (Å²) in [6.45, 7) is 4.19. The van der Waals surface area contributed by atoms with Crippen LogP contribution in [0.25, 0.3) is 11.3 Å². The number of pyridine rings is 1. The highest BCUT2D eigenvalue weighted by Crippen LogP contribution is 2.34. The Hall–Kier alpha value is -4.07. The van der Waals surface area contributed by atoms with E-state index in [9.17, 15) is 4.79 Å². The molecule has 166 valence electrons. The van der Waals surface area contributed by atoms with Crippen molar-refractivity contribution in [2.45, 2.75) is 32.7 Å². The standard InChI is InChI=1S/C25H24N6O2/c1-16-23(17(2)33-30-16)25(32)31-14-6-9-21(31)24-28-20(18-10-12-26-13-11-18)15-22(29-24)27-19-7-4-3-5-8-19/h3-5,7-8,10-13,15,21H,6,9,14H2,1-2H3,(H,27,28,29)/t21-/m1/s1. The van der Waals surface area contributed by atoms with Crippen molar-refractivity contribution >= 4 is 17.4 Å². The smallest absolute Gasteiger partial charge is 0.259 e. The fourth-order valence-electron chi connectivity index (χ4n) is 4.23. The van der Waals surface area contributed by atoms with E-state index < -0.39 is 0 Å². The number of hydrogen-bond donors (Lipinski definition) is 1. The van der Waals surface area contributed by atoms with Crippen LogP contribution in [0.3, 0.4) is 0 Å². The molecule has 1 aliphatic heterocycles.